The van der Waals surface area contributed by atoms with Gasteiger partial charge in [0.2, 0.25) is 0 Å². The molecule has 3 rings (SSSR count). The largest absolute Gasteiger partial charge is 0.388 e. The molecule has 2 aliphatic heterocycles. The second-order valence-electron chi connectivity index (χ2n) is 7.58. The molecular formula is C19H31N3O2S. The van der Waals surface area contributed by atoms with Crippen LogP contribution in [0.3, 0.4) is 0 Å². The van der Waals surface area contributed by atoms with Crippen LogP contribution in [0.25, 0.3) is 0 Å². The van der Waals surface area contributed by atoms with Crippen molar-refractivity contribution in [2.45, 2.75) is 69.2 Å². The minimum Gasteiger partial charge on any atom is -0.388 e. The number of aryl methyl sites for hydroxylation is 3. The smallest absolute Gasteiger partial charge is 0.103 e. The molecule has 2 atom stereocenters. The molecule has 0 aromatic carbocycles. The summed E-state index contributed by atoms with van der Waals surface area (Å²) < 4.78 is 5.97. The standard InChI is InChI=1S/C19H31N3O2S/c1-13-14(2)21-17(15(3)20-13)18(25-16-7-5-6-12-24-16)19(23)8-10-22(4)11-9-19/h16,18,23H,5-12H2,1-4H3. The van der Waals surface area contributed by atoms with Gasteiger partial charge >= 0.3 is 0 Å². The number of aromatic nitrogens is 2. The maximum absolute atomic E-state index is 11.5. The van der Waals surface area contributed by atoms with Gasteiger partial charge in [-0.2, -0.15) is 0 Å². The number of thioether (sulfide) groups is 1. The van der Waals surface area contributed by atoms with Crippen molar-refractivity contribution in [2.75, 3.05) is 26.7 Å². The van der Waals surface area contributed by atoms with E-state index < -0.39 is 5.60 Å². The first-order chi connectivity index (χ1) is 11.9. The number of hydrogen-bond acceptors (Lipinski definition) is 6. The first kappa shape index (κ1) is 19.1. The van der Waals surface area contributed by atoms with E-state index in [1.165, 1.54) is 6.42 Å². The molecule has 2 saturated heterocycles. The molecule has 25 heavy (non-hydrogen) atoms. The molecule has 1 aromatic rings. The lowest BCUT2D eigenvalue weighted by Gasteiger charge is -2.43. The Kier molecular flexibility index (Phi) is 6.03. The average molecular weight is 366 g/mol. The van der Waals surface area contributed by atoms with Crippen LogP contribution in [-0.2, 0) is 4.74 Å². The number of ether oxygens (including phenoxy) is 1. The number of nitrogens with zero attached hydrogens (tertiary/aromatic N) is 3. The van der Waals surface area contributed by atoms with Gasteiger partial charge < -0.3 is 14.7 Å². The second kappa shape index (κ2) is 7.91. The fourth-order valence-corrected chi connectivity index (χ4v) is 5.29. The van der Waals surface area contributed by atoms with Crippen molar-refractivity contribution in [3.63, 3.8) is 0 Å². The summed E-state index contributed by atoms with van der Waals surface area (Å²) in [6.45, 7) is 8.66. The van der Waals surface area contributed by atoms with E-state index in [9.17, 15) is 5.11 Å². The fourth-order valence-electron chi connectivity index (χ4n) is 3.66. The number of piperidine rings is 1. The molecule has 2 fully saturated rings. The third-order valence-electron chi connectivity index (χ3n) is 5.53. The van der Waals surface area contributed by atoms with Crippen molar-refractivity contribution in [3.05, 3.63) is 22.8 Å². The van der Waals surface area contributed by atoms with Crippen molar-refractivity contribution in [1.82, 2.24) is 14.9 Å². The molecule has 5 nitrogen and oxygen atoms in total. The van der Waals surface area contributed by atoms with E-state index in [4.69, 9.17) is 9.72 Å². The van der Waals surface area contributed by atoms with Gasteiger partial charge in [0.1, 0.15) is 5.44 Å². The highest BCUT2D eigenvalue weighted by Gasteiger charge is 2.43. The van der Waals surface area contributed by atoms with Crippen molar-refractivity contribution in [3.8, 4) is 0 Å². The Hall–Kier alpha value is -0.690. The van der Waals surface area contributed by atoms with Crippen LogP contribution in [0.1, 0.15) is 60.1 Å². The minimum absolute atomic E-state index is 0.0869. The molecule has 0 amide bonds. The molecule has 0 aliphatic carbocycles. The monoisotopic (exact) mass is 365 g/mol. The summed E-state index contributed by atoms with van der Waals surface area (Å²) in [6.07, 6.45) is 4.92. The Bertz CT molecular complexity index is 597. The van der Waals surface area contributed by atoms with Gasteiger partial charge in [-0.15, -0.1) is 11.8 Å². The summed E-state index contributed by atoms with van der Waals surface area (Å²) >= 11 is 1.76. The minimum atomic E-state index is -0.751. The third kappa shape index (κ3) is 4.35. The van der Waals surface area contributed by atoms with Crippen LogP contribution in [0.2, 0.25) is 0 Å². The zero-order valence-corrected chi connectivity index (χ0v) is 16.7. The zero-order chi connectivity index (χ0) is 18.0. The van der Waals surface area contributed by atoms with Crippen LogP contribution < -0.4 is 0 Å². The number of rotatable bonds is 4. The van der Waals surface area contributed by atoms with Gasteiger partial charge in [0.15, 0.2) is 0 Å². The lowest BCUT2D eigenvalue weighted by molar-refractivity contribution is -0.0200. The zero-order valence-electron chi connectivity index (χ0n) is 15.9. The van der Waals surface area contributed by atoms with Gasteiger partial charge in [0.25, 0.3) is 0 Å². The van der Waals surface area contributed by atoms with Crippen LogP contribution in [0.4, 0.5) is 0 Å². The summed E-state index contributed by atoms with van der Waals surface area (Å²) in [5.41, 5.74) is 3.18. The highest BCUT2D eigenvalue weighted by Crippen LogP contribution is 2.47. The summed E-state index contributed by atoms with van der Waals surface area (Å²) in [7, 11) is 2.12. The molecule has 6 heteroatoms. The quantitative estimate of drug-likeness (QED) is 0.884. The van der Waals surface area contributed by atoms with Crippen molar-refractivity contribution >= 4 is 11.8 Å². The lowest BCUT2D eigenvalue weighted by atomic mass is 9.86. The van der Waals surface area contributed by atoms with E-state index >= 15 is 0 Å². The Morgan fingerprint density at radius 1 is 1.12 bits per heavy atom. The first-order valence-corrected chi connectivity index (χ1v) is 10.3. The molecule has 0 spiro atoms. The maximum Gasteiger partial charge on any atom is 0.103 e. The van der Waals surface area contributed by atoms with E-state index in [0.717, 1.165) is 68.2 Å². The van der Waals surface area contributed by atoms with Gasteiger partial charge in [-0.25, -0.2) is 0 Å². The van der Waals surface area contributed by atoms with E-state index in [0.29, 0.717) is 0 Å². The molecular weight excluding hydrogens is 334 g/mol. The van der Waals surface area contributed by atoms with E-state index in [-0.39, 0.29) is 10.7 Å². The molecule has 2 aliphatic rings. The van der Waals surface area contributed by atoms with E-state index in [1.807, 2.05) is 20.8 Å². The molecule has 140 valence electrons. The summed E-state index contributed by atoms with van der Waals surface area (Å²) in [6, 6.07) is 0. The lowest BCUT2D eigenvalue weighted by Crippen LogP contribution is -2.47. The van der Waals surface area contributed by atoms with Gasteiger partial charge in [-0.1, -0.05) is 0 Å². The molecule has 1 N–H and O–H groups in total. The maximum atomic E-state index is 11.5. The number of hydrogen-bond donors (Lipinski definition) is 1. The average Bonchev–Trinajstić information content (AvgIpc) is 2.60. The molecule has 0 radical (unpaired) electrons. The van der Waals surface area contributed by atoms with Crippen LogP contribution in [0, 0.1) is 20.8 Å². The van der Waals surface area contributed by atoms with Crippen LogP contribution in [-0.4, -0.2) is 57.8 Å². The van der Waals surface area contributed by atoms with Crippen LogP contribution >= 0.6 is 11.8 Å². The van der Waals surface area contributed by atoms with Crippen LogP contribution in [0.5, 0.6) is 0 Å². The molecule has 2 unspecified atom stereocenters. The topological polar surface area (TPSA) is 58.5 Å². The van der Waals surface area contributed by atoms with Gasteiger partial charge in [-0.3, -0.25) is 9.97 Å². The van der Waals surface area contributed by atoms with E-state index in [1.54, 1.807) is 11.8 Å². The number of aliphatic hydroxyl groups is 1. The Labute approximate surface area is 155 Å². The predicted octanol–water partition coefficient (Wildman–Crippen LogP) is 3.16. The Morgan fingerprint density at radius 3 is 2.44 bits per heavy atom. The molecule has 0 saturated carbocycles. The first-order valence-electron chi connectivity index (χ1n) is 9.39. The Morgan fingerprint density at radius 2 is 1.80 bits per heavy atom. The number of likely N-dealkylation sites (tertiary alicyclic amines) is 1. The second-order valence-corrected chi connectivity index (χ2v) is 8.85. The van der Waals surface area contributed by atoms with Crippen LogP contribution in [0.15, 0.2) is 0 Å². The normalized spacial score (nSPS) is 25.7. The SMILES string of the molecule is Cc1nc(C)c(C(SC2CCCCO2)C2(O)CCN(C)CC2)nc1C. The summed E-state index contributed by atoms with van der Waals surface area (Å²) in [5.74, 6) is 0. The van der Waals surface area contributed by atoms with Gasteiger partial charge in [0.05, 0.1) is 33.6 Å². The molecule has 1 aromatic heterocycles. The molecule has 3 heterocycles. The van der Waals surface area contributed by atoms with Crippen molar-refractivity contribution in [2.24, 2.45) is 0 Å². The van der Waals surface area contributed by atoms with E-state index in [2.05, 4.69) is 16.9 Å². The predicted molar refractivity (Wildman–Crippen MR) is 102 cm³/mol. The van der Waals surface area contributed by atoms with Gasteiger partial charge in [0, 0.05) is 19.7 Å². The summed E-state index contributed by atoms with van der Waals surface area (Å²) in [4.78, 5) is 11.8. The highest BCUT2D eigenvalue weighted by molar-refractivity contribution is 8.00. The Balaban J connectivity index is 1.92. The third-order valence-corrected chi connectivity index (χ3v) is 7.14. The fraction of sp³-hybridized carbons (Fsp3) is 0.789. The van der Waals surface area contributed by atoms with Crippen molar-refractivity contribution < 1.29 is 9.84 Å². The van der Waals surface area contributed by atoms with Gasteiger partial charge in [-0.05, 0) is 59.9 Å². The summed E-state index contributed by atoms with van der Waals surface area (Å²) in [5, 5.41) is 11.5. The molecule has 0 bridgehead atoms. The highest BCUT2D eigenvalue weighted by atomic mass is 32.2. The van der Waals surface area contributed by atoms with Crippen molar-refractivity contribution in [1.29, 1.82) is 0 Å².